The number of thiazole rings is 1. The van der Waals surface area contributed by atoms with Crippen molar-refractivity contribution in [3.63, 3.8) is 0 Å². The Morgan fingerprint density at radius 1 is 1.37 bits per heavy atom. The zero-order chi connectivity index (χ0) is 13.4. The van der Waals surface area contributed by atoms with Crippen molar-refractivity contribution in [2.24, 2.45) is 0 Å². The third-order valence-electron chi connectivity index (χ3n) is 2.70. The molecule has 2 heterocycles. The summed E-state index contributed by atoms with van der Waals surface area (Å²) in [5, 5.41) is 12.5. The second-order valence-corrected chi connectivity index (χ2v) is 5.78. The van der Waals surface area contributed by atoms with Crippen LogP contribution >= 0.6 is 34.5 Å². The highest BCUT2D eigenvalue weighted by atomic mass is 35.5. The highest BCUT2D eigenvalue weighted by Crippen LogP contribution is 2.40. The molecule has 8 heteroatoms. The number of nitrogens with zero attached hydrogens (tertiary/aromatic N) is 3. The predicted molar refractivity (Wildman–Crippen MR) is 74.1 cm³/mol. The van der Waals surface area contributed by atoms with Gasteiger partial charge < -0.3 is 0 Å². The molecule has 2 aromatic heterocycles. The summed E-state index contributed by atoms with van der Waals surface area (Å²) in [6.07, 6.45) is 2.35. The van der Waals surface area contributed by atoms with E-state index in [4.69, 9.17) is 23.2 Å². The largest absolute Gasteiger partial charge is 0.298 e. The molecule has 19 heavy (non-hydrogen) atoms. The average Bonchev–Trinajstić information content (AvgIpc) is 3.13. The minimum absolute atomic E-state index is 0.0147. The first-order valence-electron chi connectivity index (χ1n) is 5.59. The van der Waals surface area contributed by atoms with Crippen LogP contribution in [0.15, 0.2) is 11.4 Å². The topological polar surface area (TPSA) is 67.8 Å². The summed E-state index contributed by atoms with van der Waals surface area (Å²) < 4.78 is 0. The van der Waals surface area contributed by atoms with Gasteiger partial charge in [0.05, 0.1) is 11.3 Å². The van der Waals surface area contributed by atoms with Gasteiger partial charge in [0.2, 0.25) is 0 Å². The maximum Gasteiger partial charge on any atom is 0.260 e. The van der Waals surface area contributed by atoms with Crippen molar-refractivity contribution in [1.82, 2.24) is 15.2 Å². The lowest BCUT2D eigenvalue weighted by Crippen LogP contribution is -2.13. The Kier molecular flexibility index (Phi) is 3.38. The Labute approximate surface area is 123 Å². The van der Waals surface area contributed by atoms with Crippen LogP contribution in [-0.2, 0) is 0 Å². The molecule has 1 aliphatic rings. The second kappa shape index (κ2) is 5.03. The number of anilines is 1. The van der Waals surface area contributed by atoms with E-state index >= 15 is 0 Å². The van der Waals surface area contributed by atoms with E-state index < -0.39 is 5.91 Å². The van der Waals surface area contributed by atoms with Gasteiger partial charge in [-0.1, -0.05) is 23.2 Å². The standard InChI is InChI=1S/C11H8Cl2N4OS/c12-8-3-6(9(13)17-16-8)10(18)15-11-14-7(4-19-11)5-1-2-5/h3-5H,1-2H2,(H,14,15,18). The summed E-state index contributed by atoms with van der Waals surface area (Å²) in [7, 11) is 0. The number of nitrogens with one attached hydrogen (secondary N) is 1. The number of hydrogen-bond donors (Lipinski definition) is 1. The molecular weight excluding hydrogens is 307 g/mol. The van der Waals surface area contributed by atoms with Crippen LogP contribution in [0.25, 0.3) is 0 Å². The van der Waals surface area contributed by atoms with Gasteiger partial charge in [-0.3, -0.25) is 10.1 Å². The van der Waals surface area contributed by atoms with Crippen LogP contribution in [0, 0.1) is 0 Å². The molecule has 3 rings (SSSR count). The maximum absolute atomic E-state index is 12.0. The molecule has 98 valence electrons. The van der Waals surface area contributed by atoms with Crippen LogP contribution in [0.1, 0.15) is 34.8 Å². The molecule has 1 aliphatic carbocycles. The molecule has 0 atom stereocenters. The van der Waals surface area contributed by atoms with Crippen molar-refractivity contribution in [2.45, 2.75) is 18.8 Å². The average molecular weight is 315 g/mol. The third-order valence-corrected chi connectivity index (χ3v) is 3.94. The van der Waals surface area contributed by atoms with Gasteiger partial charge in [0.1, 0.15) is 0 Å². The first-order chi connectivity index (χ1) is 9.13. The van der Waals surface area contributed by atoms with E-state index in [-0.39, 0.29) is 15.9 Å². The van der Waals surface area contributed by atoms with Crippen molar-refractivity contribution in [3.8, 4) is 0 Å². The minimum atomic E-state index is -0.390. The zero-order valence-corrected chi connectivity index (χ0v) is 11.9. The van der Waals surface area contributed by atoms with Crippen LogP contribution < -0.4 is 5.32 Å². The van der Waals surface area contributed by atoms with Gasteiger partial charge in [0, 0.05) is 11.3 Å². The summed E-state index contributed by atoms with van der Waals surface area (Å²) >= 11 is 12.9. The second-order valence-electron chi connectivity index (χ2n) is 4.18. The highest BCUT2D eigenvalue weighted by molar-refractivity contribution is 7.14. The molecule has 1 fully saturated rings. The van der Waals surface area contributed by atoms with Gasteiger partial charge in [-0.05, 0) is 18.9 Å². The van der Waals surface area contributed by atoms with Crippen molar-refractivity contribution < 1.29 is 4.79 Å². The molecule has 1 amide bonds. The Bertz CT molecular complexity index is 641. The number of aromatic nitrogens is 3. The number of hydrogen-bond acceptors (Lipinski definition) is 5. The molecule has 2 aromatic rings. The Balaban J connectivity index is 1.77. The molecule has 0 spiro atoms. The molecule has 5 nitrogen and oxygen atoms in total. The Hall–Kier alpha value is -1.24. The Morgan fingerprint density at radius 2 is 2.16 bits per heavy atom. The molecule has 0 aromatic carbocycles. The molecule has 1 N–H and O–H groups in total. The van der Waals surface area contributed by atoms with Crippen LogP contribution in [0.5, 0.6) is 0 Å². The van der Waals surface area contributed by atoms with E-state index in [0.717, 1.165) is 5.69 Å². The molecule has 0 saturated heterocycles. The van der Waals surface area contributed by atoms with Crippen molar-refractivity contribution >= 4 is 45.6 Å². The monoisotopic (exact) mass is 314 g/mol. The van der Waals surface area contributed by atoms with Crippen molar-refractivity contribution in [2.75, 3.05) is 5.32 Å². The minimum Gasteiger partial charge on any atom is -0.298 e. The van der Waals surface area contributed by atoms with Crippen LogP contribution in [0.2, 0.25) is 10.3 Å². The number of rotatable bonds is 3. The van der Waals surface area contributed by atoms with Crippen LogP contribution in [-0.4, -0.2) is 21.1 Å². The number of carbonyl (C=O) groups is 1. The molecule has 0 bridgehead atoms. The molecule has 1 saturated carbocycles. The first-order valence-corrected chi connectivity index (χ1v) is 7.22. The van der Waals surface area contributed by atoms with E-state index in [1.54, 1.807) is 0 Å². The van der Waals surface area contributed by atoms with Crippen molar-refractivity contribution in [1.29, 1.82) is 0 Å². The lowest BCUT2D eigenvalue weighted by molar-refractivity contribution is 0.102. The number of amides is 1. The maximum atomic E-state index is 12.0. The van der Waals surface area contributed by atoms with Gasteiger partial charge >= 0.3 is 0 Å². The van der Waals surface area contributed by atoms with E-state index in [0.29, 0.717) is 11.0 Å². The predicted octanol–water partition coefficient (Wildman–Crippen LogP) is 3.37. The quantitative estimate of drug-likeness (QED) is 0.943. The van der Waals surface area contributed by atoms with Gasteiger partial charge in [0.25, 0.3) is 5.91 Å². The lowest BCUT2D eigenvalue weighted by Gasteiger charge is -2.02. The fraction of sp³-hybridized carbons (Fsp3) is 0.273. The molecule has 0 aliphatic heterocycles. The SMILES string of the molecule is O=C(Nc1nc(C2CC2)cs1)c1cc(Cl)nnc1Cl. The third kappa shape index (κ3) is 2.86. The van der Waals surface area contributed by atoms with Crippen LogP contribution in [0.3, 0.4) is 0 Å². The Morgan fingerprint density at radius 3 is 2.89 bits per heavy atom. The van der Waals surface area contributed by atoms with E-state index in [2.05, 4.69) is 20.5 Å². The summed E-state index contributed by atoms with van der Waals surface area (Å²) in [6, 6.07) is 1.38. The zero-order valence-electron chi connectivity index (χ0n) is 9.56. The van der Waals surface area contributed by atoms with Gasteiger partial charge in [-0.25, -0.2) is 4.98 Å². The van der Waals surface area contributed by atoms with Gasteiger partial charge in [0.15, 0.2) is 15.4 Å². The van der Waals surface area contributed by atoms with E-state index in [1.807, 2.05) is 5.38 Å². The summed E-state index contributed by atoms with van der Waals surface area (Å²) in [5.41, 5.74) is 1.22. The summed E-state index contributed by atoms with van der Waals surface area (Å²) in [4.78, 5) is 16.4. The first kappa shape index (κ1) is 12.8. The number of halogens is 2. The number of carbonyl (C=O) groups excluding carboxylic acids is 1. The van der Waals surface area contributed by atoms with Gasteiger partial charge in [-0.15, -0.1) is 21.5 Å². The normalized spacial score (nSPS) is 14.4. The molecule has 0 radical (unpaired) electrons. The lowest BCUT2D eigenvalue weighted by atomic mass is 10.3. The van der Waals surface area contributed by atoms with Crippen LogP contribution in [0.4, 0.5) is 5.13 Å². The van der Waals surface area contributed by atoms with Gasteiger partial charge in [-0.2, -0.15) is 0 Å². The summed E-state index contributed by atoms with van der Waals surface area (Å²) in [5.74, 6) is 0.168. The van der Waals surface area contributed by atoms with E-state index in [9.17, 15) is 4.79 Å². The van der Waals surface area contributed by atoms with Crippen molar-refractivity contribution in [3.05, 3.63) is 33.0 Å². The highest BCUT2D eigenvalue weighted by Gasteiger charge is 2.26. The fourth-order valence-electron chi connectivity index (χ4n) is 1.59. The fourth-order valence-corrected chi connectivity index (χ4v) is 2.70. The van der Waals surface area contributed by atoms with E-state index in [1.165, 1.54) is 30.2 Å². The molecular formula is C11H8Cl2N4OS. The summed E-state index contributed by atoms with van der Waals surface area (Å²) in [6.45, 7) is 0. The molecule has 0 unspecified atom stereocenters. The smallest absolute Gasteiger partial charge is 0.260 e.